The lowest BCUT2D eigenvalue weighted by molar-refractivity contribution is -0.141. The summed E-state index contributed by atoms with van der Waals surface area (Å²) >= 11 is 0. The van der Waals surface area contributed by atoms with Crippen LogP contribution >= 0.6 is 0 Å². The third-order valence-corrected chi connectivity index (χ3v) is 2.61. The van der Waals surface area contributed by atoms with Crippen LogP contribution in [0.25, 0.3) is 0 Å². The molecule has 0 aliphatic rings. The van der Waals surface area contributed by atoms with Crippen LogP contribution < -0.4 is 5.32 Å². The van der Waals surface area contributed by atoms with Crippen molar-refractivity contribution >= 4 is 11.8 Å². The van der Waals surface area contributed by atoms with E-state index in [1.165, 1.54) is 0 Å². The van der Waals surface area contributed by atoms with Crippen LogP contribution in [-0.4, -0.2) is 43.2 Å². The summed E-state index contributed by atoms with van der Waals surface area (Å²) in [5, 5.41) is 11.3. The molecule has 0 bridgehead atoms. The number of benzene rings is 1. The summed E-state index contributed by atoms with van der Waals surface area (Å²) < 4.78 is 31.1. The van der Waals surface area contributed by atoms with E-state index >= 15 is 0 Å². The van der Waals surface area contributed by atoms with Gasteiger partial charge in [0.05, 0.1) is 31.7 Å². The van der Waals surface area contributed by atoms with Gasteiger partial charge in [0.25, 0.3) is 0 Å². The van der Waals surface area contributed by atoms with Crippen LogP contribution in [0.3, 0.4) is 0 Å². The second-order valence-electron chi connectivity index (χ2n) is 4.00. The number of carbonyl (C=O) groups is 2. The number of methoxy groups -OCH3 is 1. The highest BCUT2D eigenvalue weighted by Crippen LogP contribution is 2.13. The van der Waals surface area contributed by atoms with Gasteiger partial charge in [-0.3, -0.25) is 9.59 Å². The van der Waals surface area contributed by atoms with Gasteiger partial charge in [0.15, 0.2) is 5.78 Å². The number of halogens is 2. The molecule has 1 aromatic carbocycles. The smallest absolute Gasteiger partial charge is 0.307 e. The van der Waals surface area contributed by atoms with Gasteiger partial charge in [0.2, 0.25) is 0 Å². The number of rotatable bonds is 7. The fourth-order valence-electron chi connectivity index (χ4n) is 1.62. The molecule has 7 heteroatoms. The van der Waals surface area contributed by atoms with Crippen LogP contribution in [-0.2, 0) is 9.53 Å². The Kier molecular flexibility index (Phi) is 6.20. The van der Waals surface area contributed by atoms with Crippen molar-refractivity contribution in [1.29, 1.82) is 0 Å². The molecular weight excluding hydrogens is 272 g/mol. The number of ketones is 1. The third kappa shape index (κ3) is 4.36. The zero-order valence-electron chi connectivity index (χ0n) is 10.9. The Morgan fingerprint density at radius 3 is 2.70 bits per heavy atom. The first-order valence-electron chi connectivity index (χ1n) is 5.90. The Bertz CT molecular complexity index is 493. The fraction of sp³-hybridized carbons (Fsp3) is 0.385. The van der Waals surface area contributed by atoms with Gasteiger partial charge in [-0.25, -0.2) is 8.78 Å². The molecule has 0 heterocycles. The van der Waals surface area contributed by atoms with Crippen LogP contribution in [0.4, 0.5) is 8.78 Å². The molecule has 0 fully saturated rings. The maximum absolute atomic E-state index is 13.5. The summed E-state index contributed by atoms with van der Waals surface area (Å²) in [6.07, 6.45) is -0.342. The molecule has 1 aromatic rings. The topological polar surface area (TPSA) is 75.6 Å². The predicted octanol–water partition coefficient (Wildman–Crippen LogP) is 0.661. The lowest BCUT2D eigenvalue weighted by Gasteiger charge is -2.16. The highest BCUT2D eigenvalue weighted by Gasteiger charge is 2.25. The van der Waals surface area contributed by atoms with E-state index in [2.05, 4.69) is 10.1 Å². The Balaban J connectivity index is 2.96. The quantitative estimate of drug-likeness (QED) is 0.569. The summed E-state index contributed by atoms with van der Waals surface area (Å²) in [6.45, 7) is -0.235. The fourth-order valence-corrected chi connectivity index (χ4v) is 1.62. The largest absolute Gasteiger partial charge is 0.469 e. The minimum atomic E-state index is -1.09. The maximum Gasteiger partial charge on any atom is 0.307 e. The van der Waals surface area contributed by atoms with Crippen molar-refractivity contribution in [2.24, 2.45) is 0 Å². The summed E-state index contributed by atoms with van der Waals surface area (Å²) in [7, 11) is 1.15. The number of aliphatic hydroxyl groups excluding tert-OH is 1. The zero-order valence-corrected chi connectivity index (χ0v) is 10.9. The van der Waals surface area contributed by atoms with Crippen molar-refractivity contribution in [2.45, 2.75) is 12.5 Å². The minimum absolute atomic E-state index is 0.0321. The molecule has 5 nitrogen and oxygen atoms in total. The van der Waals surface area contributed by atoms with Gasteiger partial charge in [-0.1, -0.05) is 0 Å². The molecule has 0 saturated heterocycles. The first-order valence-corrected chi connectivity index (χ1v) is 5.90. The first kappa shape index (κ1) is 16.2. The predicted molar refractivity (Wildman–Crippen MR) is 66.2 cm³/mol. The molecule has 0 saturated carbocycles. The van der Waals surface area contributed by atoms with Crippen molar-refractivity contribution in [3.63, 3.8) is 0 Å². The van der Waals surface area contributed by atoms with E-state index in [-0.39, 0.29) is 19.6 Å². The van der Waals surface area contributed by atoms with Crippen molar-refractivity contribution in [1.82, 2.24) is 5.32 Å². The van der Waals surface area contributed by atoms with Gasteiger partial charge in [-0.05, 0) is 18.2 Å². The number of nitrogens with one attached hydrogen (secondary N) is 1. The number of carbonyl (C=O) groups excluding carboxylic acids is 2. The minimum Gasteiger partial charge on any atom is -0.469 e. The maximum atomic E-state index is 13.5. The average molecular weight is 287 g/mol. The Morgan fingerprint density at radius 2 is 2.10 bits per heavy atom. The number of ether oxygens (including phenoxy) is 1. The van der Waals surface area contributed by atoms with E-state index in [0.717, 1.165) is 25.3 Å². The zero-order chi connectivity index (χ0) is 15.1. The van der Waals surface area contributed by atoms with Gasteiger partial charge in [0, 0.05) is 6.54 Å². The second-order valence-corrected chi connectivity index (χ2v) is 4.00. The molecule has 1 rings (SSSR count). The van der Waals surface area contributed by atoms with Gasteiger partial charge < -0.3 is 15.2 Å². The molecule has 0 aliphatic carbocycles. The Hall–Kier alpha value is -1.86. The van der Waals surface area contributed by atoms with Gasteiger partial charge >= 0.3 is 5.97 Å². The van der Waals surface area contributed by atoms with Gasteiger partial charge in [-0.2, -0.15) is 0 Å². The first-order chi connectivity index (χ1) is 9.49. The number of esters is 1. The number of hydrogen-bond acceptors (Lipinski definition) is 5. The van der Waals surface area contributed by atoms with Crippen LogP contribution in [0.1, 0.15) is 16.8 Å². The van der Waals surface area contributed by atoms with E-state index in [1.807, 2.05) is 0 Å². The number of aliphatic hydroxyl groups is 1. The molecule has 0 amide bonds. The van der Waals surface area contributed by atoms with Crippen molar-refractivity contribution in [3.05, 3.63) is 35.4 Å². The van der Waals surface area contributed by atoms with Crippen LogP contribution in [0.5, 0.6) is 0 Å². The molecule has 1 atom stereocenters. The second kappa shape index (κ2) is 7.66. The molecule has 110 valence electrons. The van der Waals surface area contributed by atoms with Crippen molar-refractivity contribution < 1.29 is 28.2 Å². The van der Waals surface area contributed by atoms with Gasteiger partial charge in [-0.15, -0.1) is 0 Å². The third-order valence-electron chi connectivity index (χ3n) is 2.61. The number of Topliss-reactive ketones (excluding diaryl/α,β-unsaturated/α-hetero) is 1. The average Bonchev–Trinajstić information content (AvgIpc) is 2.44. The van der Waals surface area contributed by atoms with Gasteiger partial charge in [0.1, 0.15) is 11.6 Å². The summed E-state index contributed by atoms with van der Waals surface area (Å²) in [6, 6.07) is 1.40. The highest BCUT2D eigenvalue weighted by molar-refractivity contribution is 6.02. The molecule has 0 aliphatic heterocycles. The highest BCUT2D eigenvalue weighted by atomic mass is 19.1. The molecule has 1 unspecified atom stereocenters. The van der Waals surface area contributed by atoms with Crippen LogP contribution in [0.2, 0.25) is 0 Å². The van der Waals surface area contributed by atoms with Crippen LogP contribution in [0, 0.1) is 11.6 Å². The Morgan fingerprint density at radius 1 is 1.40 bits per heavy atom. The molecular formula is C13H15F2NO4. The molecule has 2 N–H and O–H groups in total. The summed E-state index contributed by atoms with van der Waals surface area (Å²) in [5.74, 6) is -3.09. The van der Waals surface area contributed by atoms with E-state index < -0.39 is 35.0 Å². The molecule has 20 heavy (non-hydrogen) atoms. The molecule has 0 spiro atoms. The monoisotopic (exact) mass is 287 g/mol. The molecule has 0 aromatic heterocycles. The normalized spacial score (nSPS) is 12.0. The lowest BCUT2D eigenvalue weighted by atomic mass is 10.0. The SMILES string of the molecule is COC(=O)CC(NCCO)C(=O)c1cc(F)ccc1F. The van der Waals surface area contributed by atoms with Crippen molar-refractivity contribution in [3.8, 4) is 0 Å². The molecule has 0 radical (unpaired) electrons. The van der Waals surface area contributed by atoms with Crippen molar-refractivity contribution in [2.75, 3.05) is 20.3 Å². The number of hydrogen-bond donors (Lipinski definition) is 2. The van der Waals surface area contributed by atoms with E-state index in [0.29, 0.717) is 0 Å². The Labute approximate surface area is 114 Å². The summed E-state index contributed by atoms with van der Waals surface area (Å²) in [4.78, 5) is 23.3. The van der Waals surface area contributed by atoms with E-state index in [1.54, 1.807) is 0 Å². The summed E-state index contributed by atoms with van der Waals surface area (Å²) in [5.41, 5.74) is -0.454. The standard InChI is InChI=1S/C13H15F2NO4/c1-20-12(18)7-11(16-4-5-17)13(19)9-6-8(14)2-3-10(9)15/h2-3,6,11,16-17H,4-5,7H2,1H3. The lowest BCUT2D eigenvalue weighted by Crippen LogP contribution is -2.40. The van der Waals surface area contributed by atoms with E-state index in [9.17, 15) is 18.4 Å². The van der Waals surface area contributed by atoms with Crippen LogP contribution in [0.15, 0.2) is 18.2 Å². The van der Waals surface area contributed by atoms with E-state index in [4.69, 9.17) is 5.11 Å².